The van der Waals surface area contributed by atoms with Crippen molar-refractivity contribution in [3.63, 3.8) is 0 Å². The number of carbonyl (C=O) groups is 2. The molecule has 2 aliphatic heterocycles. The minimum Gasteiger partial charge on any atom is -0.378 e. The summed E-state index contributed by atoms with van der Waals surface area (Å²) in [5, 5.41) is 0. The summed E-state index contributed by atoms with van der Waals surface area (Å²) in [5.41, 5.74) is 2.07. The summed E-state index contributed by atoms with van der Waals surface area (Å²) in [6.07, 6.45) is 4.72. The molecule has 3 aliphatic rings. The van der Waals surface area contributed by atoms with Crippen molar-refractivity contribution >= 4 is 11.8 Å². The Hall–Kier alpha value is -1.92. The number of hydrogen-bond donors (Lipinski definition) is 0. The van der Waals surface area contributed by atoms with Gasteiger partial charge in [0.05, 0.1) is 19.3 Å². The van der Waals surface area contributed by atoms with Gasteiger partial charge in [-0.3, -0.25) is 14.5 Å². The third-order valence-corrected chi connectivity index (χ3v) is 7.41. The average Bonchev–Trinajstić information content (AvgIpc) is 3.34. The average molecular weight is 442 g/mol. The number of amides is 2. The molecule has 2 amide bonds. The molecule has 6 nitrogen and oxygen atoms in total. The van der Waals surface area contributed by atoms with Gasteiger partial charge in [-0.15, -0.1) is 0 Å². The van der Waals surface area contributed by atoms with E-state index in [2.05, 4.69) is 37.8 Å². The lowest BCUT2D eigenvalue weighted by molar-refractivity contribution is -0.144. The van der Waals surface area contributed by atoms with Crippen LogP contribution in [0.1, 0.15) is 62.4 Å². The molecule has 1 atom stereocenters. The zero-order valence-electron chi connectivity index (χ0n) is 20.0. The molecule has 0 N–H and O–H groups in total. The molecule has 1 aliphatic carbocycles. The Morgan fingerprint density at radius 3 is 2.03 bits per heavy atom. The SMILES string of the molecule is CC(C)(C)c1ccc(C(=O)N2CCN(C(C(=O)N3CCOCC3)C3CCCC3)CC2)cc1. The number of piperazine rings is 1. The van der Waals surface area contributed by atoms with E-state index in [1.54, 1.807) is 0 Å². The van der Waals surface area contributed by atoms with Crippen molar-refractivity contribution in [2.75, 3.05) is 52.5 Å². The first-order valence-electron chi connectivity index (χ1n) is 12.3. The maximum absolute atomic E-state index is 13.5. The molecule has 176 valence electrons. The number of hydrogen-bond acceptors (Lipinski definition) is 4. The highest BCUT2D eigenvalue weighted by Crippen LogP contribution is 2.32. The van der Waals surface area contributed by atoms with Crippen LogP contribution in [0.3, 0.4) is 0 Å². The second kappa shape index (κ2) is 9.92. The molecule has 0 spiro atoms. The van der Waals surface area contributed by atoms with Gasteiger partial charge in [0.2, 0.25) is 5.91 Å². The zero-order valence-corrected chi connectivity index (χ0v) is 20.0. The van der Waals surface area contributed by atoms with E-state index in [-0.39, 0.29) is 23.3 Å². The van der Waals surface area contributed by atoms with Crippen molar-refractivity contribution in [3.05, 3.63) is 35.4 Å². The quantitative estimate of drug-likeness (QED) is 0.720. The van der Waals surface area contributed by atoms with E-state index in [9.17, 15) is 9.59 Å². The predicted molar refractivity (Wildman–Crippen MR) is 126 cm³/mol. The second-order valence-corrected chi connectivity index (χ2v) is 10.6. The maximum atomic E-state index is 13.5. The van der Waals surface area contributed by atoms with Crippen LogP contribution in [0.15, 0.2) is 24.3 Å². The number of ether oxygens (including phenoxy) is 1. The van der Waals surface area contributed by atoms with Crippen LogP contribution < -0.4 is 0 Å². The first kappa shape index (κ1) is 23.2. The fourth-order valence-corrected chi connectivity index (χ4v) is 5.40. The van der Waals surface area contributed by atoms with E-state index in [4.69, 9.17) is 4.74 Å². The van der Waals surface area contributed by atoms with Gasteiger partial charge in [0.25, 0.3) is 5.91 Å². The summed E-state index contributed by atoms with van der Waals surface area (Å²) < 4.78 is 5.46. The van der Waals surface area contributed by atoms with Crippen LogP contribution in [0.4, 0.5) is 0 Å². The number of morpholine rings is 1. The third kappa shape index (κ3) is 5.18. The summed E-state index contributed by atoms with van der Waals surface area (Å²) in [4.78, 5) is 32.9. The molecular weight excluding hydrogens is 402 g/mol. The fourth-order valence-electron chi connectivity index (χ4n) is 5.40. The topological polar surface area (TPSA) is 53.1 Å². The van der Waals surface area contributed by atoms with Crippen LogP contribution in [-0.2, 0) is 14.9 Å². The van der Waals surface area contributed by atoms with Gasteiger partial charge in [-0.25, -0.2) is 0 Å². The molecular formula is C26H39N3O3. The Morgan fingerprint density at radius 2 is 1.47 bits per heavy atom. The van der Waals surface area contributed by atoms with Gasteiger partial charge in [0.15, 0.2) is 0 Å². The highest BCUT2D eigenvalue weighted by atomic mass is 16.5. The van der Waals surface area contributed by atoms with E-state index in [0.29, 0.717) is 45.3 Å². The smallest absolute Gasteiger partial charge is 0.253 e. The van der Waals surface area contributed by atoms with Gasteiger partial charge < -0.3 is 14.5 Å². The third-order valence-electron chi connectivity index (χ3n) is 7.41. The first-order valence-corrected chi connectivity index (χ1v) is 12.3. The Kier molecular flexibility index (Phi) is 7.21. The lowest BCUT2D eigenvalue weighted by Crippen LogP contribution is -2.59. The van der Waals surface area contributed by atoms with Crippen molar-refractivity contribution in [3.8, 4) is 0 Å². The highest BCUT2D eigenvalue weighted by Gasteiger charge is 2.39. The predicted octanol–water partition coefficient (Wildman–Crippen LogP) is 3.16. The van der Waals surface area contributed by atoms with Crippen LogP contribution in [0.25, 0.3) is 0 Å². The standard InChI is InChI=1S/C26H39N3O3/c1-26(2,3)22-10-8-21(9-11-22)24(30)28-14-12-27(13-15-28)23(20-6-4-5-7-20)25(31)29-16-18-32-19-17-29/h8-11,20,23H,4-7,12-19H2,1-3H3. The van der Waals surface area contributed by atoms with E-state index in [1.165, 1.54) is 18.4 Å². The lowest BCUT2D eigenvalue weighted by Gasteiger charge is -2.43. The lowest BCUT2D eigenvalue weighted by atomic mass is 9.86. The zero-order chi connectivity index (χ0) is 22.7. The fraction of sp³-hybridized carbons (Fsp3) is 0.692. The van der Waals surface area contributed by atoms with Crippen LogP contribution in [0.5, 0.6) is 0 Å². The Bertz CT molecular complexity index is 782. The Labute approximate surface area is 192 Å². The molecule has 1 unspecified atom stereocenters. The molecule has 1 saturated carbocycles. The molecule has 6 heteroatoms. The first-order chi connectivity index (χ1) is 15.3. The summed E-state index contributed by atoms with van der Waals surface area (Å²) in [7, 11) is 0. The van der Waals surface area contributed by atoms with Crippen molar-refractivity contribution in [1.29, 1.82) is 0 Å². The van der Waals surface area contributed by atoms with Gasteiger partial charge in [-0.1, -0.05) is 45.7 Å². The molecule has 1 aromatic rings. The second-order valence-electron chi connectivity index (χ2n) is 10.6. The molecule has 1 aromatic carbocycles. The molecule has 0 radical (unpaired) electrons. The van der Waals surface area contributed by atoms with Crippen molar-refractivity contribution < 1.29 is 14.3 Å². The molecule has 32 heavy (non-hydrogen) atoms. The van der Waals surface area contributed by atoms with Gasteiger partial charge in [0, 0.05) is 44.8 Å². The number of carbonyl (C=O) groups excluding carboxylic acids is 2. The van der Waals surface area contributed by atoms with Crippen molar-refractivity contribution in [2.24, 2.45) is 5.92 Å². The van der Waals surface area contributed by atoms with E-state index in [0.717, 1.165) is 31.5 Å². The summed E-state index contributed by atoms with van der Waals surface area (Å²) >= 11 is 0. The van der Waals surface area contributed by atoms with Crippen molar-refractivity contribution in [1.82, 2.24) is 14.7 Å². The van der Waals surface area contributed by atoms with Crippen LogP contribution in [0, 0.1) is 5.92 Å². The van der Waals surface area contributed by atoms with Gasteiger partial charge in [-0.05, 0) is 41.9 Å². The largest absolute Gasteiger partial charge is 0.378 e. The molecule has 0 aromatic heterocycles. The molecule has 2 heterocycles. The normalized spacial score (nSPS) is 22.2. The molecule has 2 saturated heterocycles. The Balaban J connectivity index is 1.40. The van der Waals surface area contributed by atoms with E-state index in [1.807, 2.05) is 21.9 Å². The Morgan fingerprint density at radius 1 is 0.875 bits per heavy atom. The monoisotopic (exact) mass is 441 g/mol. The van der Waals surface area contributed by atoms with Gasteiger partial charge in [0.1, 0.15) is 0 Å². The minimum atomic E-state index is -0.0427. The highest BCUT2D eigenvalue weighted by molar-refractivity contribution is 5.94. The summed E-state index contributed by atoms with van der Waals surface area (Å²) in [6.45, 7) is 12.1. The van der Waals surface area contributed by atoms with E-state index < -0.39 is 0 Å². The van der Waals surface area contributed by atoms with Crippen LogP contribution in [0.2, 0.25) is 0 Å². The molecule has 4 rings (SSSR count). The van der Waals surface area contributed by atoms with Gasteiger partial charge >= 0.3 is 0 Å². The summed E-state index contributed by atoms with van der Waals surface area (Å²) in [5.74, 6) is 0.817. The van der Waals surface area contributed by atoms with Gasteiger partial charge in [-0.2, -0.15) is 0 Å². The number of rotatable bonds is 4. The van der Waals surface area contributed by atoms with Crippen molar-refractivity contribution in [2.45, 2.75) is 57.9 Å². The maximum Gasteiger partial charge on any atom is 0.253 e. The minimum absolute atomic E-state index is 0.0427. The van der Waals surface area contributed by atoms with E-state index >= 15 is 0 Å². The van der Waals surface area contributed by atoms with Crippen LogP contribution in [-0.4, -0.2) is 85.0 Å². The molecule has 3 fully saturated rings. The number of benzene rings is 1. The molecule has 0 bridgehead atoms. The van der Waals surface area contributed by atoms with Crippen LogP contribution >= 0.6 is 0 Å². The summed E-state index contributed by atoms with van der Waals surface area (Å²) in [6, 6.07) is 8.01. The number of nitrogens with zero attached hydrogens (tertiary/aromatic N) is 3.